The van der Waals surface area contributed by atoms with Crippen molar-refractivity contribution in [1.29, 1.82) is 0 Å². The number of hydrogen-bond donors (Lipinski definition) is 0. The number of benzene rings is 1. The first-order valence-electron chi connectivity index (χ1n) is 4.45. The molecule has 0 amide bonds. The first kappa shape index (κ1) is 8.00. The van der Waals surface area contributed by atoms with Crippen molar-refractivity contribution in [3.63, 3.8) is 0 Å². The Morgan fingerprint density at radius 1 is 1.29 bits per heavy atom. The van der Waals surface area contributed by atoms with E-state index in [0.717, 1.165) is 11.2 Å². The molecule has 0 spiro atoms. The Morgan fingerprint density at radius 3 is 3.29 bits per heavy atom. The number of thioether (sulfide) groups is 1. The molecular weight excluding hydrogens is 192 g/mol. The van der Waals surface area contributed by atoms with Crippen LogP contribution in [0.5, 0.6) is 0 Å². The van der Waals surface area contributed by atoms with Gasteiger partial charge in [0.2, 0.25) is 0 Å². The molecule has 0 atom stereocenters. The summed E-state index contributed by atoms with van der Waals surface area (Å²) >= 11 is 1.80. The van der Waals surface area contributed by atoms with Crippen molar-refractivity contribution in [2.45, 2.75) is 4.90 Å². The summed E-state index contributed by atoms with van der Waals surface area (Å²) < 4.78 is 0. The van der Waals surface area contributed by atoms with Crippen LogP contribution in [0.25, 0.3) is 12.2 Å². The second kappa shape index (κ2) is 3.10. The lowest BCUT2D eigenvalue weighted by atomic mass is 10.1. The van der Waals surface area contributed by atoms with Crippen molar-refractivity contribution in [3.05, 3.63) is 34.5 Å². The second-order valence-corrected chi connectivity index (χ2v) is 4.08. The van der Waals surface area contributed by atoms with Crippen molar-refractivity contribution in [3.8, 4) is 0 Å². The highest BCUT2D eigenvalue weighted by Crippen LogP contribution is 2.21. The van der Waals surface area contributed by atoms with Gasteiger partial charge in [-0.3, -0.25) is 9.98 Å². The average molecular weight is 200 g/mol. The normalized spacial score (nSPS) is 16.6. The predicted octanol–water partition coefficient (Wildman–Crippen LogP) is 1.21. The molecule has 2 aliphatic heterocycles. The Morgan fingerprint density at radius 2 is 2.29 bits per heavy atom. The monoisotopic (exact) mass is 200 g/mol. The first-order chi connectivity index (χ1) is 6.95. The van der Waals surface area contributed by atoms with Crippen LogP contribution in [-0.2, 0) is 0 Å². The Balaban J connectivity index is 2.42. The molecule has 0 radical (unpaired) electrons. The molecule has 0 aliphatic carbocycles. The third-order valence-electron chi connectivity index (χ3n) is 2.32. The molecule has 2 nitrogen and oxygen atoms in total. The quantitative estimate of drug-likeness (QED) is 0.617. The molecule has 2 aliphatic rings. The molecular formula is C11H8N2S. The third-order valence-corrected chi connectivity index (χ3v) is 3.30. The summed E-state index contributed by atoms with van der Waals surface area (Å²) in [6, 6.07) is 4.18. The number of hydrogen-bond acceptors (Lipinski definition) is 3. The minimum atomic E-state index is 0.848. The molecule has 0 bridgehead atoms. The largest absolute Gasteiger partial charge is 0.273 e. The maximum Gasteiger partial charge on any atom is 0.0898 e. The van der Waals surface area contributed by atoms with Crippen molar-refractivity contribution >= 4 is 30.1 Å². The van der Waals surface area contributed by atoms with Crippen LogP contribution in [0.15, 0.2) is 33.2 Å². The second-order valence-electron chi connectivity index (χ2n) is 3.13. The Kier molecular flexibility index (Phi) is 1.77. The lowest BCUT2D eigenvalue weighted by Crippen LogP contribution is -2.14. The SMILES string of the molecule is C1=Cc2c3c(ccc2=CC=N1)=NCS3. The average Bonchev–Trinajstić information content (AvgIpc) is 2.55. The van der Waals surface area contributed by atoms with Gasteiger partial charge in [-0.05, 0) is 29.0 Å². The van der Waals surface area contributed by atoms with E-state index in [4.69, 9.17) is 0 Å². The molecule has 0 saturated heterocycles. The third kappa shape index (κ3) is 1.13. The molecule has 2 heterocycles. The van der Waals surface area contributed by atoms with Gasteiger partial charge in [-0.15, -0.1) is 0 Å². The Hall–Kier alpha value is -1.35. The van der Waals surface area contributed by atoms with Gasteiger partial charge in [-0.25, -0.2) is 0 Å². The summed E-state index contributed by atoms with van der Waals surface area (Å²) in [5.74, 6) is 0.848. The van der Waals surface area contributed by atoms with Gasteiger partial charge in [0.1, 0.15) is 0 Å². The van der Waals surface area contributed by atoms with Crippen LogP contribution < -0.4 is 10.6 Å². The van der Waals surface area contributed by atoms with E-state index in [0.29, 0.717) is 0 Å². The predicted molar refractivity (Wildman–Crippen MR) is 59.9 cm³/mol. The summed E-state index contributed by atoms with van der Waals surface area (Å²) in [5.41, 5.74) is 1.26. The van der Waals surface area contributed by atoms with Crippen molar-refractivity contribution in [1.82, 2.24) is 0 Å². The zero-order valence-electron chi connectivity index (χ0n) is 7.47. The van der Waals surface area contributed by atoms with E-state index in [1.54, 1.807) is 11.8 Å². The van der Waals surface area contributed by atoms with Gasteiger partial charge in [-0.2, -0.15) is 0 Å². The van der Waals surface area contributed by atoms with Gasteiger partial charge < -0.3 is 0 Å². The van der Waals surface area contributed by atoms with Crippen LogP contribution in [0.2, 0.25) is 0 Å². The first-order valence-corrected chi connectivity index (χ1v) is 5.44. The van der Waals surface area contributed by atoms with E-state index in [1.165, 1.54) is 15.7 Å². The molecule has 0 unspecified atom stereocenters. The molecule has 14 heavy (non-hydrogen) atoms. The zero-order valence-corrected chi connectivity index (χ0v) is 8.29. The number of fused-ring (bicyclic) bond motifs is 3. The molecule has 0 saturated carbocycles. The fourth-order valence-corrected chi connectivity index (χ4v) is 2.61. The summed E-state index contributed by atoms with van der Waals surface area (Å²) in [7, 11) is 0. The zero-order chi connectivity index (χ0) is 9.38. The van der Waals surface area contributed by atoms with Crippen molar-refractivity contribution in [2.75, 3.05) is 5.88 Å². The minimum absolute atomic E-state index is 0.848. The summed E-state index contributed by atoms with van der Waals surface area (Å²) in [5, 5.41) is 2.35. The maximum atomic E-state index is 4.41. The maximum absolute atomic E-state index is 4.41. The molecule has 1 aromatic rings. The van der Waals surface area contributed by atoms with Crippen molar-refractivity contribution < 1.29 is 0 Å². The molecule has 68 valence electrons. The highest BCUT2D eigenvalue weighted by molar-refractivity contribution is 7.99. The standard InChI is InChI=1S/C11H8N2S/c1-2-10-11(14-7-13-10)9-4-6-12-5-3-8(1)9/h1-6H,7H2. The topological polar surface area (TPSA) is 24.7 Å². The van der Waals surface area contributed by atoms with E-state index < -0.39 is 0 Å². The lowest BCUT2D eigenvalue weighted by Gasteiger charge is -1.99. The fourth-order valence-electron chi connectivity index (χ4n) is 1.65. The summed E-state index contributed by atoms with van der Waals surface area (Å²) in [6.45, 7) is 0. The van der Waals surface area contributed by atoms with Crippen LogP contribution >= 0.6 is 11.8 Å². The van der Waals surface area contributed by atoms with Crippen molar-refractivity contribution in [2.24, 2.45) is 9.98 Å². The van der Waals surface area contributed by atoms with Gasteiger partial charge in [0, 0.05) is 17.3 Å². The number of rotatable bonds is 0. The molecule has 0 N–H and O–H groups in total. The molecule has 3 heteroatoms. The van der Waals surface area contributed by atoms with E-state index in [-0.39, 0.29) is 0 Å². The molecule has 0 aromatic heterocycles. The van der Waals surface area contributed by atoms with E-state index in [9.17, 15) is 0 Å². The van der Waals surface area contributed by atoms with Crippen LogP contribution in [0, 0.1) is 0 Å². The smallest absolute Gasteiger partial charge is 0.0898 e. The highest BCUT2D eigenvalue weighted by Gasteiger charge is 2.09. The van der Waals surface area contributed by atoms with Gasteiger partial charge >= 0.3 is 0 Å². The summed E-state index contributed by atoms with van der Waals surface area (Å²) in [6.07, 6.45) is 7.75. The molecule has 3 rings (SSSR count). The number of aliphatic imine (C=N–C) groups is 1. The van der Waals surface area contributed by atoms with Crippen LogP contribution in [0.1, 0.15) is 5.56 Å². The van der Waals surface area contributed by atoms with E-state index in [1.807, 2.05) is 18.5 Å². The lowest BCUT2D eigenvalue weighted by molar-refractivity contribution is 1.19. The van der Waals surface area contributed by atoms with Gasteiger partial charge in [0.25, 0.3) is 0 Å². The van der Waals surface area contributed by atoms with Crippen LogP contribution in [-0.4, -0.2) is 12.1 Å². The van der Waals surface area contributed by atoms with Gasteiger partial charge in [0.15, 0.2) is 0 Å². The minimum Gasteiger partial charge on any atom is -0.273 e. The van der Waals surface area contributed by atoms with E-state index >= 15 is 0 Å². The summed E-state index contributed by atoms with van der Waals surface area (Å²) in [4.78, 5) is 9.81. The Labute approximate surface area is 85.8 Å². The highest BCUT2D eigenvalue weighted by atomic mass is 32.2. The van der Waals surface area contributed by atoms with Gasteiger partial charge in [0.05, 0.1) is 11.2 Å². The molecule has 1 aromatic carbocycles. The van der Waals surface area contributed by atoms with Crippen LogP contribution in [0.4, 0.5) is 0 Å². The van der Waals surface area contributed by atoms with Gasteiger partial charge in [-0.1, -0.05) is 17.8 Å². The van der Waals surface area contributed by atoms with E-state index in [2.05, 4.69) is 28.2 Å². The Bertz CT molecular complexity index is 555. The van der Waals surface area contributed by atoms with Crippen LogP contribution in [0.3, 0.4) is 0 Å². The molecule has 0 fully saturated rings. The fraction of sp³-hybridized carbons (Fsp3) is 0.0909. The number of nitrogens with zero attached hydrogens (tertiary/aromatic N) is 2.